The van der Waals surface area contributed by atoms with Gasteiger partial charge in [0.2, 0.25) is 0 Å². The van der Waals surface area contributed by atoms with E-state index in [1.54, 1.807) is 0 Å². The van der Waals surface area contributed by atoms with Crippen LogP contribution in [0.3, 0.4) is 0 Å². The number of nitrogens with zero attached hydrogens (tertiary/aromatic N) is 1. The van der Waals surface area contributed by atoms with Crippen LogP contribution in [0.4, 0.5) is 4.79 Å². The van der Waals surface area contributed by atoms with E-state index in [9.17, 15) is 4.79 Å². The second-order valence-electron chi connectivity index (χ2n) is 3.82. The molecule has 1 aromatic rings. The van der Waals surface area contributed by atoms with Crippen LogP contribution in [0.1, 0.15) is 30.5 Å². The van der Waals surface area contributed by atoms with Gasteiger partial charge in [0.1, 0.15) is 0 Å². The van der Waals surface area contributed by atoms with Crippen molar-refractivity contribution < 1.29 is 9.90 Å². The van der Waals surface area contributed by atoms with E-state index in [1.165, 1.54) is 16.0 Å². The van der Waals surface area contributed by atoms with Crippen LogP contribution in [0.15, 0.2) is 24.3 Å². The number of aryl methyl sites for hydroxylation is 1. The van der Waals surface area contributed by atoms with Crippen molar-refractivity contribution in [2.24, 2.45) is 0 Å². The summed E-state index contributed by atoms with van der Waals surface area (Å²) in [5.74, 6) is 0. The zero-order chi connectivity index (χ0) is 10.8. The lowest BCUT2D eigenvalue weighted by Crippen LogP contribution is -2.32. The monoisotopic (exact) mass is 205 g/mol. The van der Waals surface area contributed by atoms with Crippen molar-refractivity contribution in [2.75, 3.05) is 6.54 Å². The van der Waals surface area contributed by atoms with E-state index in [1.807, 2.05) is 25.1 Å². The first kappa shape index (κ1) is 10.0. The number of benzene rings is 1. The Hall–Kier alpha value is -1.51. The summed E-state index contributed by atoms with van der Waals surface area (Å²) >= 11 is 0. The molecule has 0 saturated carbocycles. The van der Waals surface area contributed by atoms with E-state index in [0.29, 0.717) is 6.54 Å². The fraction of sp³-hybridized carbons (Fsp3) is 0.417. The van der Waals surface area contributed by atoms with Crippen molar-refractivity contribution in [3.8, 4) is 0 Å². The first-order valence-corrected chi connectivity index (χ1v) is 5.31. The summed E-state index contributed by atoms with van der Waals surface area (Å²) in [5.41, 5.74) is 2.48. The summed E-state index contributed by atoms with van der Waals surface area (Å²) in [6, 6.07) is 8.18. The minimum absolute atomic E-state index is 0.0590. The number of hydrogen-bond donors (Lipinski definition) is 1. The minimum atomic E-state index is -0.820. The maximum absolute atomic E-state index is 11.1. The molecule has 1 N–H and O–H groups in total. The number of carboxylic acid groups (broad SMARTS) is 1. The maximum Gasteiger partial charge on any atom is 0.407 e. The van der Waals surface area contributed by atoms with E-state index < -0.39 is 6.09 Å². The Bertz CT molecular complexity index is 376. The van der Waals surface area contributed by atoms with Gasteiger partial charge in [-0.05, 0) is 30.9 Å². The van der Waals surface area contributed by atoms with Crippen molar-refractivity contribution in [3.05, 3.63) is 35.4 Å². The standard InChI is InChI=1S/C12H15NO2/c1-2-13(12(14)15)11-8-7-9-5-3-4-6-10(9)11/h3-6,11H,2,7-8H2,1H3,(H,14,15). The average molecular weight is 205 g/mol. The zero-order valence-electron chi connectivity index (χ0n) is 8.81. The molecule has 0 heterocycles. The minimum Gasteiger partial charge on any atom is -0.465 e. The highest BCUT2D eigenvalue weighted by Crippen LogP contribution is 2.35. The third-order valence-electron chi connectivity index (χ3n) is 3.06. The topological polar surface area (TPSA) is 40.5 Å². The van der Waals surface area contributed by atoms with Crippen LogP contribution in [0.5, 0.6) is 0 Å². The number of carbonyl (C=O) groups is 1. The molecule has 0 aliphatic heterocycles. The molecule has 1 aromatic carbocycles. The molecule has 3 heteroatoms. The molecule has 2 rings (SSSR count). The number of amides is 1. The molecule has 3 nitrogen and oxygen atoms in total. The van der Waals surface area contributed by atoms with Crippen LogP contribution in [0.2, 0.25) is 0 Å². The van der Waals surface area contributed by atoms with Crippen molar-refractivity contribution in [1.82, 2.24) is 4.90 Å². The summed E-state index contributed by atoms with van der Waals surface area (Å²) in [6.45, 7) is 2.43. The number of hydrogen-bond acceptors (Lipinski definition) is 1. The van der Waals surface area contributed by atoms with Gasteiger partial charge in [0.25, 0.3) is 0 Å². The van der Waals surface area contributed by atoms with Crippen molar-refractivity contribution >= 4 is 6.09 Å². The molecule has 1 atom stereocenters. The van der Waals surface area contributed by atoms with Gasteiger partial charge in [-0.3, -0.25) is 0 Å². The summed E-state index contributed by atoms with van der Waals surface area (Å²) < 4.78 is 0. The molecular weight excluding hydrogens is 190 g/mol. The molecule has 0 fully saturated rings. The van der Waals surface area contributed by atoms with Crippen molar-refractivity contribution in [2.45, 2.75) is 25.8 Å². The van der Waals surface area contributed by atoms with Gasteiger partial charge in [0.15, 0.2) is 0 Å². The van der Waals surface area contributed by atoms with E-state index in [2.05, 4.69) is 6.07 Å². The van der Waals surface area contributed by atoms with Crippen molar-refractivity contribution in [1.29, 1.82) is 0 Å². The van der Waals surface area contributed by atoms with Gasteiger partial charge in [-0.1, -0.05) is 24.3 Å². The molecule has 1 unspecified atom stereocenters. The normalized spacial score (nSPS) is 18.6. The van der Waals surface area contributed by atoms with Gasteiger partial charge in [-0.15, -0.1) is 0 Å². The lowest BCUT2D eigenvalue weighted by molar-refractivity contribution is 0.127. The van der Waals surface area contributed by atoms with Crippen LogP contribution < -0.4 is 0 Å². The molecule has 80 valence electrons. The van der Waals surface area contributed by atoms with Gasteiger partial charge >= 0.3 is 6.09 Å². The molecule has 0 spiro atoms. The Kier molecular flexibility index (Phi) is 2.62. The Balaban J connectivity index is 2.30. The van der Waals surface area contributed by atoms with Crippen LogP contribution in [0, 0.1) is 0 Å². The number of fused-ring (bicyclic) bond motifs is 1. The largest absolute Gasteiger partial charge is 0.465 e. The molecule has 15 heavy (non-hydrogen) atoms. The average Bonchev–Trinajstić information content (AvgIpc) is 2.63. The molecule has 0 saturated heterocycles. The summed E-state index contributed by atoms with van der Waals surface area (Å²) in [5, 5.41) is 9.09. The second-order valence-corrected chi connectivity index (χ2v) is 3.82. The Morgan fingerprint density at radius 2 is 2.27 bits per heavy atom. The molecule has 1 amide bonds. The third-order valence-corrected chi connectivity index (χ3v) is 3.06. The van der Waals surface area contributed by atoms with Crippen molar-refractivity contribution in [3.63, 3.8) is 0 Å². The van der Waals surface area contributed by atoms with Gasteiger partial charge in [0.05, 0.1) is 6.04 Å². The van der Waals surface area contributed by atoms with E-state index in [-0.39, 0.29) is 6.04 Å². The molecule has 1 aliphatic rings. The van der Waals surface area contributed by atoms with E-state index in [0.717, 1.165) is 12.8 Å². The lowest BCUT2D eigenvalue weighted by Gasteiger charge is -2.25. The maximum atomic E-state index is 11.1. The fourth-order valence-electron chi connectivity index (χ4n) is 2.35. The second kappa shape index (κ2) is 3.93. The van der Waals surface area contributed by atoms with Crippen LogP contribution in [-0.4, -0.2) is 22.6 Å². The van der Waals surface area contributed by atoms with Gasteiger partial charge in [-0.25, -0.2) is 4.79 Å². The van der Waals surface area contributed by atoms with Gasteiger partial charge < -0.3 is 10.0 Å². The van der Waals surface area contributed by atoms with E-state index in [4.69, 9.17) is 5.11 Å². The summed E-state index contributed by atoms with van der Waals surface area (Å²) in [7, 11) is 0. The van der Waals surface area contributed by atoms with Gasteiger partial charge in [0, 0.05) is 6.54 Å². The molecule has 0 aromatic heterocycles. The Labute approximate surface area is 89.3 Å². The lowest BCUT2D eigenvalue weighted by atomic mass is 10.1. The van der Waals surface area contributed by atoms with Crippen LogP contribution in [-0.2, 0) is 6.42 Å². The highest BCUT2D eigenvalue weighted by atomic mass is 16.4. The quantitative estimate of drug-likeness (QED) is 0.806. The van der Waals surface area contributed by atoms with Crippen LogP contribution in [0.25, 0.3) is 0 Å². The van der Waals surface area contributed by atoms with Crippen LogP contribution >= 0.6 is 0 Å². The predicted octanol–water partition coefficient (Wildman–Crippen LogP) is 2.67. The molecule has 0 bridgehead atoms. The van der Waals surface area contributed by atoms with E-state index >= 15 is 0 Å². The first-order valence-electron chi connectivity index (χ1n) is 5.31. The highest BCUT2D eigenvalue weighted by Gasteiger charge is 2.29. The Morgan fingerprint density at radius 1 is 1.53 bits per heavy atom. The molecule has 0 radical (unpaired) electrons. The highest BCUT2D eigenvalue weighted by molar-refractivity contribution is 5.66. The molecular formula is C12H15NO2. The predicted molar refractivity (Wildman–Crippen MR) is 57.9 cm³/mol. The smallest absolute Gasteiger partial charge is 0.407 e. The SMILES string of the molecule is CCN(C(=O)O)C1CCc2ccccc21. The number of rotatable bonds is 2. The summed E-state index contributed by atoms with van der Waals surface area (Å²) in [6.07, 6.45) is 1.09. The fourth-order valence-corrected chi connectivity index (χ4v) is 2.35. The summed E-state index contributed by atoms with van der Waals surface area (Å²) in [4.78, 5) is 12.6. The zero-order valence-corrected chi connectivity index (χ0v) is 8.81. The van der Waals surface area contributed by atoms with Gasteiger partial charge in [-0.2, -0.15) is 0 Å². The third kappa shape index (κ3) is 1.69. The first-order chi connectivity index (χ1) is 7.24. The Morgan fingerprint density at radius 3 is 2.93 bits per heavy atom. The molecule has 1 aliphatic carbocycles.